The van der Waals surface area contributed by atoms with E-state index in [-0.39, 0.29) is 11.7 Å². The third-order valence-electron chi connectivity index (χ3n) is 1.73. The molecule has 0 aromatic carbocycles. The minimum Gasteiger partial charge on any atom is -0.437 e. The van der Waals surface area contributed by atoms with Crippen molar-refractivity contribution in [3.8, 4) is 0 Å². The molecule has 0 saturated carbocycles. The normalized spacial score (nSPS) is 10.4. The number of aromatic nitrogens is 3. The van der Waals surface area contributed by atoms with Gasteiger partial charge in [-0.25, -0.2) is 4.98 Å². The molecule has 14 heavy (non-hydrogen) atoms. The van der Waals surface area contributed by atoms with E-state index in [1.54, 1.807) is 17.1 Å². The van der Waals surface area contributed by atoms with Crippen LogP contribution in [-0.4, -0.2) is 20.5 Å². The molecule has 2 heterocycles. The molecule has 0 atom stereocenters. The van der Waals surface area contributed by atoms with Crippen LogP contribution in [0.15, 0.2) is 29.1 Å². The standard InChI is InChI=1S/C9H9N3O2/c1-7(13)9-10-5-8(14-9)6-12-4-2-3-11-12/h2-5H,6H2,1H3. The van der Waals surface area contributed by atoms with E-state index in [1.165, 1.54) is 6.92 Å². The van der Waals surface area contributed by atoms with Crippen molar-refractivity contribution in [3.63, 3.8) is 0 Å². The Labute approximate surface area is 80.4 Å². The average Bonchev–Trinajstić information content (AvgIpc) is 2.75. The summed E-state index contributed by atoms with van der Waals surface area (Å²) in [5, 5.41) is 4.01. The molecule has 0 aliphatic heterocycles. The van der Waals surface area contributed by atoms with Crippen LogP contribution in [0, 0.1) is 0 Å². The summed E-state index contributed by atoms with van der Waals surface area (Å²) in [6.07, 6.45) is 5.04. The molecule has 2 rings (SSSR count). The Kier molecular flexibility index (Phi) is 2.14. The monoisotopic (exact) mass is 191 g/mol. The summed E-state index contributed by atoms with van der Waals surface area (Å²) in [6.45, 7) is 1.91. The van der Waals surface area contributed by atoms with Crippen LogP contribution in [-0.2, 0) is 6.54 Å². The van der Waals surface area contributed by atoms with Gasteiger partial charge in [-0.2, -0.15) is 5.10 Å². The van der Waals surface area contributed by atoms with Gasteiger partial charge in [0, 0.05) is 19.3 Å². The third-order valence-corrected chi connectivity index (χ3v) is 1.73. The number of oxazole rings is 1. The predicted molar refractivity (Wildman–Crippen MR) is 47.8 cm³/mol. The smallest absolute Gasteiger partial charge is 0.263 e. The molecule has 0 unspecified atom stereocenters. The van der Waals surface area contributed by atoms with E-state index in [0.29, 0.717) is 12.3 Å². The first-order valence-corrected chi connectivity index (χ1v) is 4.19. The SMILES string of the molecule is CC(=O)c1ncc(Cn2cccn2)o1. The quantitative estimate of drug-likeness (QED) is 0.682. The third kappa shape index (κ3) is 1.71. The van der Waals surface area contributed by atoms with Gasteiger partial charge in [0.2, 0.25) is 5.78 Å². The van der Waals surface area contributed by atoms with Gasteiger partial charge in [-0.05, 0) is 6.07 Å². The number of ketones is 1. The van der Waals surface area contributed by atoms with Crippen LogP contribution in [0.25, 0.3) is 0 Å². The van der Waals surface area contributed by atoms with Crippen LogP contribution in [0.3, 0.4) is 0 Å². The first-order chi connectivity index (χ1) is 6.75. The summed E-state index contributed by atoms with van der Waals surface area (Å²) in [5.74, 6) is 0.600. The molecule has 0 N–H and O–H groups in total. The van der Waals surface area contributed by atoms with Crippen LogP contribution in [0.2, 0.25) is 0 Å². The fourth-order valence-corrected chi connectivity index (χ4v) is 1.10. The van der Waals surface area contributed by atoms with Gasteiger partial charge in [0.1, 0.15) is 12.3 Å². The Morgan fingerprint density at radius 2 is 2.50 bits per heavy atom. The fourth-order valence-electron chi connectivity index (χ4n) is 1.10. The predicted octanol–water partition coefficient (Wildman–Crippen LogP) is 1.12. The van der Waals surface area contributed by atoms with Crippen LogP contribution in [0.5, 0.6) is 0 Å². The minimum atomic E-state index is -0.170. The molecule has 0 bridgehead atoms. The van der Waals surface area contributed by atoms with Crippen LogP contribution in [0.1, 0.15) is 23.4 Å². The lowest BCUT2D eigenvalue weighted by Gasteiger charge is -1.95. The molecule has 0 aliphatic rings. The maximum absolute atomic E-state index is 10.9. The molecular formula is C9H9N3O2. The molecule has 5 heteroatoms. The van der Waals surface area contributed by atoms with Crippen LogP contribution < -0.4 is 0 Å². The van der Waals surface area contributed by atoms with Gasteiger partial charge in [-0.1, -0.05) is 0 Å². The summed E-state index contributed by atoms with van der Waals surface area (Å²) < 4.78 is 6.90. The lowest BCUT2D eigenvalue weighted by Crippen LogP contribution is -1.98. The maximum Gasteiger partial charge on any atom is 0.263 e. The van der Waals surface area contributed by atoms with Crippen molar-refractivity contribution in [2.45, 2.75) is 13.5 Å². The largest absolute Gasteiger partial charge is 0.437 e. The van der Waals surface area contributed by atoms with Crippen molar-refractivity contribution in [2.75, 3.05) is 0 Å². The highest BCUT2D eigenvalue weighted by molar-refractivity contribution is 5.89. The summed E-state index contributed by atoms with van der Waals surface area (Å²) in [7, 11) is 0. The number of hydrogen-bond donors (Lipinski definition) is 0. The van der Waals surface area contributed by atoms with Crippen molar-refractivity contribution in [3.05, 3.63) is 36.3 Å². The second-order valence-electron chi connectivity index (χ2n) is 2.89. The molecule has 0 amide bonds. The van der Waals surface area contributed by atoms with E-state index in [4.69, 9.17) is 4.42 Å². The number of rotatable bonds is 3. The van der Waals surface area contributed by atoms with E-state index in [1.807, 2.05) is 12.3 Å². The van der Waals surface area contributed by atoms with Crippen molar-refractivity contribution < 1.29 is 9.21 Å². The van der Waals surface area contributed by atoms with E-state index < -0.39 is 0 Å². The molecule has 0 radical (unpaired) electrons. The van der Waals surface area contributed by atoms with E-state index in [9.17, 15) is 4.79 Å². The molecule has 2 aromatic heterocycles. The molecule has 0 fully saturated rings. The van der Waals surface area contributed by atoms with Crippen molar-refractivity contribution >= 4 is 5.78 Å². The summed E-state index contributed by atoms with van der Waals surface area (Å²) in [6, 6.07) is 1.82. The first-order valence-electron chi connectivity index (χ1n) is 4.19. The minimum absolute atomic E-state index is 0.146. The van der Waals surface area contributed by atoms with Crippen LogP contribution >= 0.6 is 0 Å². The Hall–Kier alpha value is -1.91. The zero-order chi connectivity index (χ0) is 9.97. The Morgan fingerprint density at radius 3 is 3.07 bits per heavy atom. The number of carbonyl (C=O) groups excluding carboxylic acids is 1. The van der Waals surface area contributed by atoms with Gasteiger partial charge in [0.25, 0.3) is 5.89 Å². The topological polar surface area (TPSA) is 60.9 Å². The lowest BCUT2D eigenvalue weighted by molar-refractivity contribution is 0.0978. The zero-order valence-corrected chi connectivity index (χ0v) is 7.67. The maximum atomic E-state index is 10.9. The van der Waals surface area contributed by atoms with Crippen molar-refractivity contribution in [1.82, 2.24) is 14.8 Å². The second kappa shape index (κ2) is 3.45. The zero-order valence-electron chi connectivity index (χ0n) is 7.67. The van der Waals surface area contributed by atoms with Gasteiger partial charge >= 0.3 is 0 Å². The average molecular weight is 191 g/mol. The van der Waals surface area contributed by atoms with Gasteiger partial charge in [-0.15, -0.1) is 0 Å². The number of carbonyl (C=O) groups is 1. The molecule has 5 nitrogen and oxygen atoms in total. The first kappa shape index (κ1) is 8.68. The van der Waals surface area contributed by atoms with E-state index in [0.717, 1.165) is 0 Å². The van der Waals surface area contributed by atoms with Gasteiger partial charge in [0.15, 0.2) is 0 Å². The van der Waals surface area contributed by atoms with Gasteiger partial charge in [0.05, 0.1) is 6.20 Å². The molecule has 0 aliphatic carbocycles. The lowest BCUT2D eigenvalue weighted by atomic mass is 10.5. The fraction of sp³-hybridized carbons (Fsp3) is 0.222. The van der Waals surface area contributed by atoms with Crippen molar-refractivity contribution in [2.24, 2.45) is 0 Å². The molecule has 72 valence electrons. The second-order valence-corrected chi connectivity index (χ2v) is 2.89. The summed E-state index contributed by atoms with van der Waals surface area (Å²) in [4.78, 5) is 14.7. The van der Waals surface area contributed by atoms with E-state index >= 15 is 0 Å². The highest BCUT2D eigenvalue weighted by Crippen LogP contribution is 2.05. The van der Waals surface area contributed by atoms with Crippen molar-refractivity contribution in [1.29, 1.82) is 0 Å². The van der Waals surface area contributed by atoms with Gasteiger partial charge < -0.3 is 4.42 Å². The molecule has 0 saturated heterocycles. The highest BCUT2D eigenvalue weighted by atomic mass is 16.4. The van der Waals surface area contributed by atoms with Gasteiger partial charge in [-0.3, -0.25) is 9.48 Å². The summed E-state index contributed by atoms with van der Waals surface area (Å²) >= 11 is 0. The highest BCUT2D eigenvalue weighted by Gasteiger charge is 2.08. The number of Topliss-reactive ketones (excluding diaryl/α,β-unsaturated/α-hetero) is 1. The Morgan fingerprint density at radius 1 is 1.64 bits per heavy atom. The molecule has 2 aromatic rings. The number of nitrogens with zero attached hydrogens (tertiary/aromatic N) is 3. The Bertz CT molecular complexity index is 431. The summed E-state index contributed by atoms with van der Waals surface area (Å²) in [5.41, 5.74) is 0. The molecule has 0 spiro atoms. The van der Waals surface area contributed by atoms with E-state index in [2.05, 4.69) is 10.1 Å². The van der Waals surface area contributed by atoms with Crippen LogP contribution in [0.4, 0.5) is 0 Å². The number of hydrogen-bond acceptors (Lipinski definition) is 4. The molecular weight excluding hydrogens is 182 g/mol. The Balaban J connectivity index is 2.14.